The molecule has 2 heterocycles. The van der Waals surface area contributed by atoms with Gasteiger partial charge in [-0.1, -0.05) is 59.5 Å². The minimum absolute atomic E-state index is 0.177. The fourth-order valence-corrected chi connectivity index (χ4v) is 4.28. The monoisotopic (exact) mass is 436 g/mol. The molecule has 0 aliphatic rings. The first-order chi connectivity index (χ1) is 14.6. The summed E-state index contributed by atoms with van der Waals surface area (Å²) >= 11 is 2.98. The van der Waals surface area contributed by atoms with Gasteiger partial charge in [-0.3, -0.25) is 0 Å². The van der Waals surface area contributed by atoms with Gasteiger partial charge in [0.15, 0.2) is 4.34 Å². The van der Waals surface area contributed by atoms with Gasteiger partial charge in [-0.05, 0) is 37.1 Å². The second-order valence-electron chi connectivity index (χ2n) is 6.48. The van der Waals surface area contributed by atoms with Gasteiger partial charge >= 0.3 is 0 Å². The first-order valence-electron chi connectivity index (χ1n) is 9.19. The average Bonchev–Trinajstić information content (AvgIpc) is 3.17. The van der Waals surface area contributed by atoms with Crippen LogP contribution in [0.5, 0.6) is 0 Å². The fourth-order valence-electron chi connectivity index (χ4n) is 2.67. The SMILES string of the molecule is Cc1ccccc1Nc1nc(N)nc(CSc2nnc(Nc3ccccc3C)s2)n1. The van der Waals surface area contributed by atoms with Crippen molar-refractivity contribution in [3.63, 3.8) is 0 Å². The zero-order valence-electron chi connectivity index (χ0n) is 16.5. The molecule has 0 radical (unpaired) electrons. The summed E-state index contributed by atoms with van der Waals surface area (Å²) in [7, 11) is 0. The lowest BCUT2D eigenvalue weighted by Gasteiger charge is -2.09. The molecule has 0 saturated carbocycles. The van der Waals surface area contributed by atoms with Gasteiger partial charge in [-0.25, -0.2) is 0 Å². The summed E-state index contributed by atoms with van der Waals surface area (Å²) in [4.78, 5) is 12.9. The third-order valence-corrected chi connectivity index (χ3v) is 6.18. The number of aromatic nitrogens is 5. The standard InChI is InChI=1S/C20H20N8S2/c1-12-7-3-5-9-14(12)22-18-25-16(24-17(21)26-18)11-29-20-28-27-19(30-20)23-15-10-6-4-8-13(15)2/h3-10H,11H2,1-2H3,(H,23,27)(H3,21,22,24,25,26). The Labute approximate surface area is 182 Å². The van der Waals surface area contributed by atoms with Crippen LogP contribution < -0.4 is 16.4 Å². The molecule has 0 atom stereocenters. The maximum absolute atomic E-state index is 5.88. The van der Waals surface area contributed by atoms with Crippen LogP contribution in [-0.2, 0) is 5.75 Å². The molecule has 8 nitrogen and oxygen atoms in total. The molecule has 0 aliphatic heterocycles. The minimum Gasteiger partial charge on any atom is -0.368 e. The molecule has 0 spiro atoms. The quantitative estimate of drug-likeness (QED) is 0.354. The van der Waals surface area contributed by atoms with Gasteiger partial charge in [0.25, 0.3) is 0 Å². The van der Waals surface area contributed by atoms with Crippen molar-refractivity contribution < 1.29 is 0 Å². The van der Waals surface area contributed by atoms with Crippen molar-refractivity contribution in [2.45, 2.75) is 23.9 Å². The van der Waals surface area contributed by atoms with E-state index in [1.165, 1.54) is 23.1 Å². The Morgan fingerprint density at radius 1 is 0.867 bits per heavy atom. The summed E-state index contributed by atoms with van der Waals surface area (Å²) in [6.07, 6.45) is 0. The second-order valence-corrected chi connectivity index (χ2v) is 8.68. The lowest BCUT2D eigenvalue weighted by Crippen LogP contribution is -2.07. The molecule has 10 heteroatoms. The maximum Gasteiger partial charge on any atom is 0.232 e. The molecule has 0 bridgehead atoms. The molecule has 0 aliphatic carbocycles. The van der Waals surface area contributed by atoms with Crippen LogP contribution in [0.15, 0.2) is 52.9 Å². The molecule has 2 aromatic carbocycles. The zero-order valence-corrected chi connectivity index (χ0v) is 18.1. The Kier molecular flexibility index (Phi) is 6.05. The van der Waals surface area contributed by atoms with Gasteiger partial charge in [-0.15, -0.1) is 10.2 Å². The number of benzene rings is 2. The fraction of sp³-hybridized carbons (Fsp3) is 0.150. The topological polar surface area (TPSA) is 115 Å². The van der Waals surface area contributed by atoms with Gasteiger partial charge in [0.2, 0.25) is 17.0 Å². The first kappa shape index (κ1) is 20.0. The Bertz CT molecular complexity index is 1160. The summed E-state index contributed by atoms with van der Waals surface area (Å²) in [5.74, 6) is 1.68. The number of nitrogens with two attached hydrogens (primary N) is 1. The van der Waals surface area contributed by atoms with Crippen LogP contribution in [0.4, 0.5) is 28.4 Å². The van der Waals surface area contributed by atoms with E-state index >= 15 is 0 Å². The Hall–Kier alpha value is -3.24. The molecular weight excluding hydrogens is 416 g/mol. The lowest BCUT2D eigenvalue weighted by atomic mass is 10.2. The predicted octanol–water partition coefficient (Wildman–Crippen LogP) is 4.70. The molecule has 4 aromatic rings. The smallest absolute Gasteiger partial charge is 0.232 e. The summed E-state index contributed by atoms with van der Waals surface area (Å²) in [6.45, 7) is 4.06. The molecule has 2 aromatic heterocycles. The predicted molar refractivity (Wildman–Crippen MR) is 123 cm³/mol. The molecule has 152 valence electrons. The van der Waals surface area contributed by atoms with Crippen LogP contribution in [0.1, 0.15) is 17.0 Å². The zero-order chi connectivity index (χ0) is 20.9. The van der Waals surface area contributed by atoms with Crippen molar-refractivity contribution in [2.75, 3.05) is 16.4 Å². The van der Waals surface area contributed by atoms with Crippen LogP contribution in [0, 0.1) is 13.8 Å². The number of aryl methyl sites for hydroxylation is 2. The van der Waals surface area contributed by atoms with Gasteiger partial charge in [-0.2, -0.15) is 15.0 Å². The highest BCUT2D eigenvalue weighted by molar-refractivity contribution is 8.00. The van der Waals surface area contributed by atoms with E-state index in [1.54, 1.807) is 0 Å². The van der Waals surface area contributed by atoms with Crippen molar-refractivity contribution >= 4 is 51.5 Å². The molecule has 0 amide bonds. The highest BCUT2D eigenvalue weighted by Gasteiger charge is 2.10. The van der Waals surface area contributed by atoms with Gasteiger partial charge in [0.1, 0.15) is 5.82 Å². The van der Waals surface area contributed by atoms with Crippen molar-refractivity contribution in [3.05, 3.63) is 65.5 Å². The van der Waals surface area contributed by atoms with E-state index in [1.807, 2.05) is 62.4 Å². The van der Waals surface area contributed by atoms with Crippen LogP contribution in [-0.4, -0.2) is 25.1 Å². The summed E-state index contributed by atoms with van der Waals surface area (Å²) < 4.78 is 0.818. The largest absolute Gasteiger partial charge is 0.368 e. The number of nitrogens with one attached hydrogen (secondary N) is 2. The number of para-hydroxylation sites is 2. The number of nitrogen functional groups attached to an aromatic ring is 1. The molecule has 4 N–H and O–H groups in total. The van der Waals surface area contributed by atoms with Gasteiger partial charge < -0.3 is 16.4 Å². The third kappa shape index (κ3) is 5.02. The molecule has 0 saturated heterocycles. The lowest BCUT2D eigenvalue weighted by molar-refractivity contribution is 0.975. The Morgan fingerprint density at radius 3 is 2.23 bits per heavy atom. The first-order valence-corrected chi connectivity index (χ1v) is 11.0. The van der Waals surface area contributed by atoms with Crippen molar-refractivity contribution in [1.82, 2.24) is 25.1 Å². The van der Waals surface area contributed by atoms with E-state index < -0.39 is 0 Å². The van der Waals surface area contributed by atoms with Crippen LogP contribution >= 0.6 is 23.1 Å². The van der Waals surface area contributed by atoms with Gasteiger partial charge in [0.05, 0.1) is 5.75 Å². The number of rotatable bonds is 7. The Balaban J connectivity index is 1.42. The van der Waals surface area contributed by atoms with Crippen molar-refractivity contribution in [2.24, 2.45) is 0 Å². The van der Waals surface area contributed by atoms with E-state index in [-0.39, 0.29) is 5.95 Å². The highest BCUT2D eigenvalue weighted by Crippen LogP contribution is 2.30. The average molecular weight is 437 g/mol. The molecule has 0 fully saturated rings. The van der Waals surface area contributed by atoms with E-state index in [9.17, 15) is 0 Å². The van der Waals surface area contributed by atoms with Crippen LogP contribution in [0.3, 0.4) is 0 Å². The van der Waals surface area contributed by atoms with Crippen molar-refractivity contribution in [3.8, 4) is 0 Å². The van der Waals surface area contributed by atoms with E-state index in [2.05, 4.69) is 35.8 Å². The number of hydrogen-bond donors (Lipinski definition) is 3. The number of nitrogens with zero attached hydrogens (tertiary/aromatic N) is 5. The van der Waals surface area contributed by atoms with E-state index in [0.717, 1.165) is 32.0 Å². The number of anilines is 5. The van der Waals surface area contributed by atoms with Crippen LogP contribution in [0.25, 0.3) is 0 Å². The molecule has 0 unspecified atom stereocenters. The normalized spacial score (nSPS) is 10.7. The maximum atomic E-state index is 5.88. The summed E-state index contributed by atoms with van der Waals surface area (Å²) in [5.41, 5.74) is 10.1. The molecule has 30 heavy (non-hydrogen) atoms. The Morgan fingerprint density at radius 2 is 1.53 bits per heavy atom. The number of thioether (sulfide) groups is 1. The van der Waals surface area contributed by atoms with E-state index in [4.69, 9.17) is 5.73 Å². The van der Waals surface area contributed by atoms with Crippen LogP contribution in [0.2, 0.25) is 0 Å². The highest BCUT2D eigenvalue weighted by atomic mass is 32.2. The van der Waals surface area contributed by atoms with E-state index in [0.29, 0.717) is 17.5 Å². The van der Waals surface area contributed by atoms with Crippen molar-refractivity contribution in [1.29, 1.82) is 0 Å². The molecule has 4 rings (SSSR count). The third-order valence-electron chi connectivity index (χ3n) is 4.21. The number of hydrogen-bond acceptors (Lipinski definition) is 10. The summed E-state index contributed by atoms with van der Waals surface area (Å²) in [6, 6.07) is 16.0. The minimum atomic E-state index is 0.177. The second kappa shape index (κ2) is 9.06. The summed E-state index contributed by atoms with van der Waals surface area (Å²) in [5, 5.41) is 15.7. The van der Waals surface area contributed by atoms with Gasteiger partial charge in [0, 0.05) is 11.4 Å². The molecular formula is C20H20N8S2.